The Morgan fingerprint density at radius 1 is 0.618 bits per heavy atom. The van der Waals surface area contributed by atoms with E-state index in [1.807, 2.05) is 60.7 Å². The van der Waals surface area contributed by atoms with Gasteiger partial charge in [-0.1, -0.05) is 60.7 Å². The van der Waals surface area contributed by atoms with Crippen molar-refractivity contribution >= 4 is 0 Å². The van der Waals surface area contributed by atoms with Gasteiger partial charge < -0.3 is 0 Å². The summed E-state index contributed by atoms with van der Waals surface area (Å²) < 4.78 is 0. The van der Waals surface area contributed by atoms with Crippen molar-refractivity contribution in [3.05, 3.63) is 100 Å². The van der Waals surface area contributed by atoms with Crippen molar-refractivity contribution in [1.82, 2.24) is 15.0 Å². The van der Waals surface area contributed by atoms with Crippen LogP contribution in [0.25, 0.3) is 34.2 Å². The molecular weight excluding hydrogens is 424 g/mol. The standard InChI is InChI=1S/C26H12N8/c27-13-18(14-28)25-30-21-12-11-19(20(15-29)22(21)31-25)26-33-23(16-7-3-1-4-8-16)32-24(34-26)17-9-5-2-6-10-17/h1-12H. The van der Waals surface area contributed by atoms with E-state index in [9.17, 15) is 5.26 Å². The second kappa shape index (κ2) is 8.55. The first-order valence-corrected chi connectivity index (χ1v) is 10.1. The fourth-order valence-corrected chi connectivity index (χ4v) is 3.49. The second-order valence-electron chi connectivity index (χ2n) is 7.15. The van der Waals surface area contributed by atoms with Crippen LogP contribution in [0.2, 0.25) is 0 Å². The number of hydrogen-bond donors (Lipinski definition) is 0. The Bertz CT molecular complexity index is 1640. The average Bonchev–Trinajstić information content (AvgIpc) is 3.33. The highest BCUT2D eigenvalue weighted by Crippen LogP contribution is 2.25. The van der Waals surface area contributed by atoms with E-state index >= 15 is 0 Å². The number of fused-ring (bicyclic) bond motifs is 1. The molecule has 0 unspecified atom stereocenters. The number of nitrogens with zero attached hydrogens (tertiary/aromatic N) is 8. The summed E-state index contributed by atoms with van der Waals surface area (Å²) >= 11 is 0. The van der Waals surface area contributed by atoms with Crippen molar-refractivity contribution in [2.24, 2.45) is 9.98 Å². The van der Waals surface area contributed by atoms with Crippen LogP contribution in [0, 0.1) is 34.0 Å². The molecular formula is C26H12N8. The van der Waals surface area contributed by atoms with Crippen LogP contribution < -0.4 is 10.7 Å². The van der Waals surface area contributed by atoms with Gasteiger partial charge in [-0.25, -0.2) is 24.9 Å². The Balaban J connectivity index is 1.78. The summed E-state index contributed by atoms with van der Waals surface area (Å²) in [6.45, 7) is 0. The zero-order valence-electron chi connectivity index (χ0n) is 17.5. The van der Waals surface area contributed by atoms with Gasteiger partial charge >= 0.3 is 0 Å². The molecule has 1 aliphatic rings. The molecule has 0 saturated heterocycles. The van der Waals surface area contributed by atoms with Crippen molar-refractivity contribution in [3.8, 4) is 52.4 Å². The molecule has 34 heavy (non-hydrogen) atoms. The van der Waals surface area contributed by atoms with E-state index in [2.05, 4.69) is 31.0 Å². The van der Waals surface area contributed by atoms with Gasteiger partial charge in [0.15, 0.2) is 28.9 Å². The molecule has 2 heterocycles. The Hall–Kier alpha value is -5.52. The topological polar surface area (TPSA) is 135 Å². The van der Waals surface area contributed by atoms with Gasteiger partial charge in [-0.3, -0.25) is 0 Å². The summed E-state index contributed by atoms with van der Waals surface area (Å²) in [6, 6.07) is 28.1. The lowest BCUT2D eigenvalue weighted by Crippen LogP contribution is -2.25. The van der Waals surface area contributed by atoms with E-state index in [-0.39, 0.29) is 22.3 Å². The molecule has 3 aromatic carbocycles. The third-order valence-electron chi connectivity index (χ3n) is 5.10. The first-order valence-electron chi connectivity index (χ1n) is 10.1. The molecule has 4 aromatic rings. The third-order valence-corrected chi connectivity index (χ3v) is 5.10. The van der Waals surface area contributed by atoms with Crippen molar-refractivity contribution < 1.29 is 0 Å². The lowest BCUT2D eigenvalue weighted by molar-refractivity contribution is 1.07. The number of benzene rings is 3. The highest BCUT2D eigenvalue weighted by Gasteiger charge is 2.19. The summed E-state index contributed by atoms with van der Waals surface area (Å²) in [4.78, 5) is 22.5. The smallest absolute Gasteiger partial charge is 0.182 e. The minimum absolute atomic E-state index is 0.0146. The van der Waals surface area contributed by atoms with Crippen LogP contribution in [-0.4, -0.2) is 15.0 Å². The Kier molecular flexibility index (Phi) is 5.12. The van der Waals surface area contributed by atoms with Crippen molar-refractivity contribution in [1.29, 1.82) is 15.8 Å². The monoisotopic (exact) mass is 436 g/mol. The Morgan fingerprint density at radius 3 is 1.71 bits per heavy atom. The minimum atomic E-state index is -0.223. The molecule has 1 aliphatic heterocycles. The molecule has 156 valence electrons. The van der Waals surface area contributed by atoms with E-state index in [1.54, 1.807) is 24.3 Å². The van der Waals surface area contributed by atoms with Crippen LogP contribution in [0.5, 0.6) is 0 Å². The van der Waals surface area contributed by atoms with E-state index in [0.29, 0.717) is 28.4 Å². The van der Waals surface area contributed by atoms with Crippen LogP contribution in [0.3, 0.4) is 0 Å². The van der Waals surface area contributed by atoms with Crippen LogP contribution in [0.4, 0.5) is 0 Å². The predicted molar refractivity (Wildman–Crippen MR) is 121 cm³/mol. The van der Waals surface area contributed by atoms with Crippen LogP contribution in [-0.2, 0) is 0 Å². The maximum absolute atomic E-state index is 9.99. The van der Waals surface area contributed by atoms with Gasteiger partial charge in [0.25, 0.3) is 0 Å². The molecule has 0 N–H and O–H groups in total. The largest absolute Gasteiger partial charge is 0.225 e. The maximum Gasteiger partial charge on any atom is 0.182 e. The molecule has 0 fully saturated rings. The lowest BCUT2D eigenvalue weighted by Gasteiger charge is -2.09. The number of rotatable bonds is 3. The van der Waals surface area contributed by atoms with Gasteiger partial charge in [-0.2, -0.15) is 15.8 Å². The third kappa shape index (κ3) is 3.56. The van der Waals surface area contributed by atoms with Crippen molar-refractivity contribution in [2.45, 2.75) is 0 Å². The molecule has 0 aliphatic carbocycles. The van der Waals surface area contributed by atoms with Gasteiger partial charge in [0.1, 0.15) is 23.6 Å². The maximum atomic E-state index is 9.99. The summed E-state index contributed by atoms with van der Waals surface area (Å²) in [5.41, 5.74) is 2.05. The molecule has 8 nitrogen and oxygen atoms in total. The summed E-state index contributed by atoms with van der Waals surface area (Å²) in [7, 11) is 0. The van der Waals surface area contributed by atoms with Crippen LogP contribution in [0.1, 0.15) is 5.56 Å². The van der Waals surface area contributed by atoms with Crippen LogP contribution >= 0.6 is 0 Å². The highest BCUT2D eigenvalue weighted by atomic mass is 15.0. The van der Waals surface area contributed by atoms with Crippen LogP contribution in [0.15, 0.2) is 94.2 Å². The zero-order valence-corrected chi connectivity index (χ0v) is 17.5. The first-order chi connectivity index (χ1) is 16.7. The van der Waals surface area contributed by atoms with Crippen molar-refractivity contribution in [2.75, 3.05) is 0 Å². The number of nitriles is 3. The van der Waals surface area contributed by atoms with Crippen molar-refractivity contribution in [3.63, 3.8) is 0 Å². The molecule has 0 spiro atoms. The minimum Gasteiger partial charge on any atom is -0.225 e. The molecule has 5 rings (SSSR count). The molecule has 0 radical (unpaired) electrons. The molecule has 1 aromatic heterocycles. The fourth-order valence-electron chi connectivity index (χ4n) is 3.49. The predicted octanol–water partition coefficient (Wildman–Crippen LogP) is 3.26. The summed E-state index contributed by atoms with van der Waals surface area (Å²) in [5, 5.41) is 29.0. The molecule has 0 bridgehead atoms. The molecule has 0 atom stereocenters. The fraction of sp³-hybridized carbons (Fsp3) is 0. The average molecular weight is 436 g/mol. The van der Waals surface area contributed by atoms with Gasteiger partial charge in [0.05, 0.1) is 10.9 Å². The van der Waals surface area contributed by atoms with Gasteiger partial charge in [0.2, 0.25) is 0 Å². The molecule has 8 heteroatoms. The summed E-state index contributed by atoms with van der Waals surface area (Å²) in [6.07, 6.45) is 0. The molecule has 0 amide bonds. The number of aromatic nitrogens is 3. The highest BCUT2D eigenvalue weighted by molar-refractivity contribution is 5.70. The SMILES string of the molecule is N#CC(C#N)=C1N=c2ccc(-c3nc(-c4ccccc4)nc(-c4ccccc4)n3)c(C#N)c2=N1. The van der Waals surface area contributed by atoms with Gasteiger partial charge in [-0.05, 0) is 12.1 Å². The second-order valence-corrected chi connectivity index (χ2v) is 7.15. The normalized spacial score (nSPS) is 11.3. The Morgan fingerprint density at radius 2 is 1.18 bits per heavy atom. The van der Waals surface area contributed by atoms with E-state index < -0.39 is 0 Å². The van der Waals surface area contributed by atoms with E-state index in [4.69, 9.17) is 10.5 Å². The number of allylic oxidation sites excluding steroid dienone is 1. The first kappa shape index (κ1) is 20.4. The van der Waals surface area contributed by atoms with E-state index in [0.717, 1.165) is 11.1 Å². The lowest BCUT2D eigenvalue weighted by atomic mass is 10.1. The van der Waals surface area contributed by atoms with Gasteiger partial charge in [0, 0.05) is 16.7 Å². The van der Waals surface area contributed by atoms with Gasteiger partial charge in [-0.15, -0.1) is 0 Å². The number of hydrogen-bond acceptors (Lipinski definition) is 8. The molecule has 0 saturated carbocycles. The quantitative estimate of drug-likeness (QED) is 0.452. The Labute approximate surface area is 193 Å². The zero-order chi connectivity index (χ0) is 23.5. The van der Waals surface area contributed by atoms with E-state index in [1.165, 1.54) is 0 Å². The summed E-state index contributed by atoms with van der Waals surface area (Å²) in [5.74, 6) is 1.22.